The van der Waals surface area contributed by atoms with Crippen molar-refractivity contribution in [3.8, 4) is 11.1 Å². The first-order valence-electron chi connectivity index (χ1n) is 10.2. The molecular formula is C24H26N2O3. The molecule has 150 valence electrons. The number of likely N-dealkylation sites (tertiary alicyclic amines) is 1. The number of carbonyl (C=O) groups excluding carboxylic acids is 1. The predicted molar refractivity (Wildman–Crippen MR) is 116 cm³/mol. The number of carbonyl (C=O) groups is 1. The number of aryl methyl sites for hydroxylation is 1. The largest absolute Gasteiger partial charge is 0.423 e. The van der Waals surface area contributed by atoms with E-state index in [9.17, 15) is 9.59 Å². The van der Waals surface area contributed by atoms with Crippen molar-refractivity contribution in [3.63, 3.8) is 0 Å². The summed E-state index contributed by atoms with van der Waals surface area (Å²) in [5.74, 6) is 0.141. The van der Waals surface area contributed by atoms with Crippen molar-refractivity contribution in [3.05, 3.63) is 64.5 Å². The van der Waals surface area contributed by atoms with Crippen LogP contribution in [0.15, 0.2) is 57.7 Å². The number of rotatable bonds is 4. The van der Waals surface area contributed by atoms with E-state index in [1.54, 1.807) is 6.07 Å². The van der Waals surface area contributed by atoms with Crippen molar-refractivity contribution < 1.29 is 9.21 Å². The van der Waals surface area contributed by atoms with Gasteiger partial charge in [0.15, 0.2) is 0 Å². The second kappa shape index (κ2) is 8.11. The van der Waals surface area contributed by atoms with Crippen LogP contribution in [0.25, 0.3) is 22.1 Å². The fraction of sp³-hybridized carbons (Fsp3) is 0.333. The third-order valence-electron chi connectivity index (χ3n) is 5.69. The van der Waals surface area contributed by atoms with Crippen LogP contribution in [-0.2, 0) is 4.79 Å². The van der Waals surface area contributed by atoms with Crippen molar-refractivity contribution in [2.75, 3.05) is 31.6 Å². The summed E-state index contributed by atoms with van der Waals surface area (Å²) < 4.78 is 5.50. The van der Waals surface area contributed by atoms with Crippen LogP contribution in [0.5, 0.6) is 0 Å². The van der Waals surface area contributed by atoms with Crippen LogP contribution in [-0.4, -0.2) is 37.5 Å². The van der Waals surface area contributed by atoms with Gasteiger partial charge >= 0.3 is 5.63 Å². The Morgan fingerprint density at radius 2 is 1.79 bits per heavy atom. The maximum Gasteiger partial charge on any atom is 0.336 e. The van der Waals surface area contributed by atoms with Gasteiger partial charge in [-0.15, -0.1) is 0 Å². The summed E-state index contributed by atoms with van der Waals surface area (Å²) in [6, 6.07) is 15.3. The van der Waals surface area contributed by atoms with Gasteiger partial charge in [-0.3, -0.25) is 4.79 Å². The smallest absolute Gasteiger partial charge is 0.336 e. The maximum atomic E-state index is 12.6. The Balaban J connectivity index is 1.65. The molecule has 4 rings (SSSR count). The highest BCUT2D eigenvalue weighted by molar-refractivity contribution is 5.95. The van der Waals surface area contributed by atoms with Gasteiger partial charge in [0.05, 0.1) is 6.54 Å². The van der Waals surface area contributed by atoms with Gasteiger partial charge in [0, 0.05) is 48.9 Å². The van der Waals surface area contributed by atoms with E-state index in [2.05, 4.69) is 0 Å². The molecule has 0 radical (unpaired) electrons. The Bertz CT molecular complexity index is 1100. The topological polar surface area (TPSA) is 53.8 Å². The minimum absolute atomic E-state index is 0.141. The number of likely N-dealkylation sites (N-methyl/N-ethyl adjacent to an activating group) is 1. The normalized spacial score (nSPS) is 14.2. The molecule has 0 saturated carbocycles. The standard InChI is InChI=1S/C24H26N2O3/c1-17-8-4-5-9-19(17)21-15-24(28)29-22-14-18(10-11-20(21)22)25(2)16-23(27)26-12-6-3-7-13-26/h4-5,8-11,14-15H,3,6-7,12-13,16H2,1-2H3. The van der Waals surface area contributed by atoms with E-state index in [0.29, 0.717) is 12.1 Å². The molecule has 3 aromatic rings. The lowest BCUT2D eigenvalue weighted by molar-refractivity contribution is -0.130. The summed E-state index contributed by atoms with van der Waals surface area (Å²) in [6.45, 7) is 4.04. The summed E-state index contributed by atoms with van der Waals surface area (Å²) in [4.78, 5) is 28.7. The van der Waals surface area contributed by atoms with Gasteiger partial charge < -0.3 is 14.2 Å². The number of piperidine rings is 1. The molecule has 0 bridgehead atoms. The number of anilines is 1. The van der Waals surface area contributed by atoms with Crippen LogP contribution in [0.4, 0.5) is 5.69 Å². The Kier molecular flexibility index (Phi) is 5.38. The average Bonchev–Trinajstić information content (AvgIpc) is 2.73. The van der Waals surface area contributed by atoms with Gasteiger partial charge in [0.2, 0.25) is 5.91 Å². The van der Waals surface area contributed by atoms with E-state index in [1.807, 2.05) is 66.2 Å². The summed E-state index contributed by atoms with van der Waals surface area (Å²) in [6.07, 6.45) is 3.36. The fourth-order valence-corrected chi connectivity index (χ4v) is 4.02. The van der Waals surface area contributed by atoms with E-state index in [1.165, 1.54) is 6.42 Å². The highest BCUT2D eigenvalue weighted by atomic mass is 16.4. The molecule has 0 unspecified atom stereocenters. The lowest BCUT2D eigenvalue weighted by Crippen LogP contribution is -2.41. The molecule has 5 heteroatoms. The van der Waals surface area contributed by atoms with E-state index in [-0.39, 0.29) is 11.5 Å². The number of fused-ring (bicyclic) bond motifs is 1. The van der Waals surface area contributed by atoms with E-state index in [0.717, 1.165) is 53.7 Å². The average molecular weight is 390 g/mol. The molecule has 1 amide bonds. The van der Waals surface area contributed by atoms with Crippen LogP contribution in [0.2, 0.25) is 0 Å². The summed E-state index contributed by atoms with van der Waals surface area (Å²) in [7, 11) is 1.90. The van der Waals surface area contributed by atoms with Crippen LogP contribution in [0.3, 0.4) is 0 Å². The molecule has 0 spiro atoms. The molecule has 2 heterocycles. The van der Waals surface area contributed by atoms with Gasteiger partial charge in [-0.2, -0.15) is 0 Å². The van der Waals surface area contributed by atoms with Gasteiger partial charge in [0.1, 0.15) is 5.58 Å². The first kappa shape index (κ1) is 19.2. The molecule has 1 aliphatic heterocycles. The zero-order chi connectivity index (χ0) is 20.4. The molecule has 0 N–H and O–H groups in total. The van der Waals surface area contributed by atoms with Crippen molar-refractivity contribution in [1.29, 1.82) is 0 Å². The molecule has 1 saturated heterocycles. The first-order valence-corrected chi connectivity index (χ1v) is 10.2. The SMILES string of the molecule is Cc1ccccc1-c1cc(=O)oc2cc(N(C)CC(=O)N3CCCCC3)ccc12. The van der Waals surface area contributed by atoms with E-state index >= 15 is 0 Å². The highest BCUT2D eigenvalue weighted by Crippen LogP contribution is 2.31. The molecule has 1 aromatic heterocycles. The van der Waals surface area contributed by atoms with Gasteiger partial charge in [-0.1, -0.05) is 24.3 Å². The Morgan fingerprint density at radius 1 is 1.03 bits per heavy atom. The number of benzene rings is 2. The number of amides is 1. The molecule has 5 nitrogen and oxygen atoms in total. The monoisotopic (exact) mass is 390 g/mol. The lowest BCUT2D eigenvalue weighted by Gasteiger charge is -2.29. The molecule has 1 fully saturated rings. The zero-order valence-electron chi connectivity index (χ0n) is 17.0. The van der Waals surface area contributed by atoms with Crippen LogP contribution < -0.4 is 10.5 Å². The Labute approximate surface area is 170 Å². The second-order valence-corrected chi connectivity index (χ2v) is 7.77. The van der Waals surface area contributed by atoms with Crippen molar-refractivity contribution >= 4 is 22.6 Å². The van der Waals surface area contributed by atoms with Crippen molar-refractivity contribution in [2.45, 2.75) is 26.2 Å². The number of nitrogens with zero attached hydrogens (tertiary/aromatic N) is 2. The quantitative estimate of drug-likeness (QED) is 0.626. The zero-order valence-corrected chi connectivity index (χ0v) is 17.0. The second-order valence-electron chi connectivity index (χ2n) is 7.77. The highest BCUT2D eigenvalue weighted by Gasteiger charge is 2.19. The summed E-state index contributed by atoms with van der Waals surface area (Å²) in [5.41, 5.74) is 4.01. The molecule has 0 aliphatic carbocycles. The predicted octanol–water partition coefficient (Wildman–Crippen LogP) is 4.22. The van der Waals surface area contributed by atoms with Gasteiger partial charge in [0.25, 0.3) is 0 Å². The van der Waals surface area contributed by atoms with Crippen molar-refractivity contribution in [2.24, 2.45) is 0 Å². The third-order valence-corrected chi connectivity index (χ3v) is 5.69. The molecule has 2 aromatic carbocycles. The Hall–Kier alpha value is -3.08. The van der Waals surface area contributed by atoms with Crippen LogP contribution in [0, 0.1) is 6.92 Å². The minimum atomic E-state index is -0.375. The number of hydrogen-bond donors (Lipinski definition) is 0. The molecular weight excluding hydrogens is 364 g/mol. The van der Waals surface area contributed by atoms with Crippen LogP contribution >= 0.6 is 0 Å². The van der Waals surface area contributed by atoms with Crippen molar-refractivity contribution in [1.82, 2.24) is 4.90 Å². The fourth-order valence-electron chi connectivity index (χ4n) is 4.02. The van der Waals surface area contributed by atoms with Crippen LogP contribution in [0.1, 0.15) is 24.8 Å². The lowest BCUT2D eigenvalue weighted by atomic mass is 9.98. The molecule has 29 heavy (non-hydrogen) atoms. The maximum absolute atomic E-state index is 12.6. The Morgan fingerprint density at radius 3 is 2.55 bits per heavy atom. The summed E-state index contributed by atoms with van der Waals surface area (Å²) in [5, 5.41) is 0.887. The minimum Gasteiger partial charge on any atom is -0.423 e. The molecule has 0 atom stereocenters. The van der Waals surface area contributed by atoms with E-state index in [4.69, 9.17) is 4.42 Å². The summed E-state index contributed by atoms with van der Waals surface area (Å²) >= 11 is 0. The number of hydrogen-bond acceptors (Lipinski definition) is 4. The molecule has 1 aliphatic rings. The van der Waals surface area contributed by atoms with Gasteiger partial charge in [-0.25, -0.2) is 4.79 Å². The first-order chi connectivity index (χ1) is 14.0. The third kappa shape index (κ3) is 4.04. The van der Waals surface area contributed by atoms with Gasteiger partial charge in [-0.05, 0) is 49.4 Å². The van der Waals surface area contributed by atoms with E-state index < -0.39 is 0 Å².